The maximum absolute atomic E-state index is 12.6. The lowest BCUT2D eigenvalue weighted by Crippen LogP contribution is -2.40. The molecule has 0 saturated carbocycles. The predicted octanol–water partition coefficient (Wildman–Crippen LogP) is 0.915. The molecule has 3 rings (SSSR count). The van der Waals surface area contributed by atoms with E-state index in [4.69, 9.17) is 4.74 Å². The van der Waals surface area contributed by atoms with Gasteiger partial charge in [0.15, 0.2) is 6.61 Å². The molecular weight excluding hydrogens is 358 g/mol. The molecule has 2 aliphatic rings. The number of ether oxygens (including phenoxy) is 1. The van der Waals surface area contributed by atoms with Crippen LogP contribution < -0.4 is 15.4 Å². The van der Waals surface area contributed by atoms with Gasteiger partial charge in [0.05, 0.1) is 12.2 Å². The van der Waals surface area contributed by atoms with Crippen LogP contribution in [0.3, 0.4) is 0 Å². The molecule has 8 nitrogen and oxygen atoms in total. The topological polar surface area (TPSA) is 77.2 Å². The van der Waals surface area contributed by atoms with Crippen LogP contribution in [-0.4, -0.2) is 92.0 Å². The lowest BCUT2D eigenvalue weighted by atomic mass is 10.2. The minimum Gasteiger partial charge on any atom is -0.482 e. The number of fused-ring (bicyclic) bond motifs is 1. The number of likely N-dealkylation sites (N-methyl/N-ethyl adjacent to an activating group) is 2. The second-order valence-corrected chi connectivity index (χ2v) is 7.24. The van der Waals surface area contributed by atoms with Gasteiger partial charge in [-0.3, -0.25) is 14.5 Å². The molecule has 2 amide bonds. The Morgan fingerprint density at radius 2 is 1.64 bits per heavy atom. The molecular formula is C20H31N5O3. The molecule has 0 aliphatic carbocycles. The predicted molar refractivity (Wildman–Crippen MR) is 110 cm³/mol. The van der Waals surface area contributed by atoms with Crippen LogP contribution in [0.15, 0.2) is 18.2 Å². The smallest absolute Gasteiger partial charge is 0.262 e. The van der Waals surface area contributed by atoms with Crippen LogP contribution in [0.1, 0.15) is 13.8 Å². The fourth-order valence-electron chi connectivity index (χ4n) is 3.54. The van der Waals surface area contributed by atoms with Gasteiger partial charge in [-0.1, -0.05) is 13.8 Å². The molecule has 0 bridgehead atoms. The SMILES string of the molecule is CCN1CCN(CC)CCN(CC(=O)Nc2ccc3c(c2)NC(=O)CO3)CC1. The number of anilines is 2. The fourth-order valence-corrected chi connectivity index (χ4v) is 3.54. The molecule has 0 aromatic heterocycles. The van der Waals surface area contributed by atoms with Gasteiger partial charge < -0.3 is 25.2 Å². The maximum Gasteiger partial charge on any atom is 0.262 e. The molecule has 1 saturated heterocycles. The van der Waals surface area contributed by atoms with E-state index < -0.39 is 0 Å². The standard InChI is InChI=1S/C20H31N5O3/c1-3-23-7-8-24(4-2)10-12-25(11-9-23)14-19(26)21-16-5-6-18-17(13-16)22-20(27)15-28-18/h5-6,13H,3-4,7-12,14-15H2,1-2H3,(H,21,26)(H,22,27). The number of hydrogen-bond acceptors (Lipinski definition) is 6. The van der Waals surface area contributed by atoms with Crippen LogP contribution in [0.2, 0.25) is 0 Å². The van der Waals surface area contributed by atoms with Crippen molar-refractivity contribution in [2.75, 3.05) is 76.1 Å². The maximum atomic E-state index is 12.6. The Kier molecular flexibility index (Phi) is 7.24. The van der Waals surface area contributed by atoms with E-state index in [0.29, 0.717) is 23.7 Å². The highest BCUT2D eigenvalue weighted by molar-refractivity contribution is 5.98. The van der Waals surface area contributed by atoms with Gasteiger partial charge in [0.1, 0.15) is 5.75 Å². The number of carbonyl (C=O) groups is 2. The third kappa shape index (κ3) is 5.67. The van der Waals surface area contributed by atoms with E-state index in [1.54, 1.807) is 18.2 Å². The van der Waals surface area contributed by atoms with Crippen molar-refractivity contribution in [1.29, 1.82) is 0 Å². The molecule has 0 radical (unpaired) electrons. The number of hydrogen-bond donors (Lipinski definition) is 2. The van der Waals surface area contributed by atoms with Crippen LogP contribution in [-0.2, 0) is 9.59 Å². The summed E-state index contributed by atoms with van der Waals surface area (Å²) in [7, 11) is 0. The average molecular weight is 390 g/mol. The Labute approximate surface area is 166 Å². The zero-order chi connectivity index (χ0) is 19.9. The lowest BCUT2D eigenvalue weighted by molar-refractivity contribution is -0.119. The van der Waals surface area contributed by atoms with Crippen molar-refractivity contribution in [3.05, 3.63) is 18.2 Å². The van der Waals surface area contributed by atoms with E-state index in [0.717, 1.165) is 52.4 Å². The first-order valence-electron chi connectivity index (χ1n) is 10.1. The highest BCUT2D eigenvalue weighted by Gasteiger charge is 2.19. The van der Waals surface area contributed by atoms with Crippen molar-refractivity contribution in [1.82, 2.24) is 14.7 Å². The van der Waals surface area contributed by atoms with E-state index in [-0.39, 0.29) is 18.4 Å². The normalized spacial score (nSPS) is 19.6. The Bertz CT molecular complexity index is 680. The molecule has 1 aromatic carbocycles. The molecule has 28 heavy (non-hydrogen) atoms. The van der Waals surface area contributed by atoms with Gasteiger partial charge in [-0.05, 0) is 31.3 Å². The van der Waals surface area contributed by atoms with Crippen molar-refractivity contribution in [3.8, 4) is 5.75 Å². The quantitative estimate of drug-likeness (QED) is 0.780. The van der Waals surface area contributed by atoms with E-state index in [1.165, 1.54) is 0 Å². The second-order valence-electron chi connectivity index (χ2n) is 7.24. The number of nitrogens with zero attached hydrogens (tertiary/aromatic N) is 3. The largest absolute Gasteiger partial charge is 0.482 e. The van der Waals surface area contributed by atoms with Crippen LogP contribution in [0, 0.1) is 0 Å². The summed E-state index contributed by atoms with van der Waals surface area (Å²) in [5.41, 5.74) is 1.25. The number of carbonyl (C=O) groups excluding carboxylic acids is 2. The molecule has 0 unspecified atom stereocenters. The Balaban J connectivity index is 1.58. The van der Waals surface area contributed by atoms with Crippen molar-refractivity contribution >= 4 is 23.2 Å². The molecule has 2 N–H and O–H groups in total. The molecule has 8 heteroatoms. The van der Waals surface area contributed by atoms with Gasteiger partial charge >= 0.3 is 0 Å². The summed E-state index contributed by atoms with van der Waals surface area (Å²) in [6.07, 6.45) is 0. The Morgan fingerprint density at radius 1 is 1.04 bits per heavy atom. The average Bonchev–Trinajstić information content (AvgIpc) is 2.78. The lowest BCUT2D eigenvalue weighted by Gasteiger charge is -2.24. The van der Waals surface area contributed by atoms with Crippen molar-refractivity contribution in [3.63, 3.8) is 0 Å². The van der Waals surface area contributed by atoms with Gasteiger partial charge in [0.25, 0.3) is 5.91 Å². The Hall–Kier alpha value is -2.16. The summed E-state index contributed by atoms with van der Waals surface area (Å²) < 4.78 is 5.35. The third-order valence-electron chi connectivity index (χ3n) is 5.36. The molecule has 0 spiro atoms. The van der Waals surface area contributed by atoms with Crippen LogP contribution in [0.5, 0.6) is 5.75 Å². The third-order valence-corrected chi connectivity index (χ3v) is 5.36. The minimum atomic E-state index is -0.186. The summed E-state index contributed by atoms with van der Waals surface area (Å²) in [6, 6.07) is 5.30. The summed E-state index contributed by atoms with van der Waals surface area (Å²) in [6.45, 7) is 12.7. The minimum absolute atomic E-state index is 0.0250. The van der Waals surface area contributed by atoms with E-state index in [1.807, 2.05) is 0 Å². The molecule has 0 atom stereocenters. The number of benzene rings is 1. The molecule has 1 aromatic rings. The van der Waals surface area contributed by atoms with Crippen molar-refractivity contribution in [2.24, 2.45) is 0 Å². The van der Waals surface area contributed by atoms with Crippen LogP contribution >= 0.6 is 0 Å². The zero-order valence-electron chi connectivity index (χ0n) is 16.9. The fraction of sp³-hybridized carbons (Fsp3) is 0.600. The van der Waals surface area contributed by atoms with E-state index >= 15 is 0 Å². The zero-order valence-corrected chi connectivity index (χ0v) is 16.9. The van der Waals surface area contributed by atoms with Gasteiger partial charge in [-0.2, -0.15) is 0 Å². The highest BCUT2D eigenvalue weighted by atomic mass is 16.5. The first-order chi connectivity index (χ1) is 13.6. The molecule has 2 aliphatic heterocycles. The van der Waals surface area contributed by atoms with E-state index in [2.05, 4.69) is 39.2 Å². The van der Waals surface area contributed by atoms with E-state index in [9.17, 15) is 9.59 Å². The number of amides is 2. The first kappa shape index (κ1) is 20.6. The first-order valence-corrected chi connectivity index (χ1v) is 10.1. The van der Waals surface area contributed by atoms with Crippen LogP contribution in [0.4, 0.5) is 11.4 Å². The summed E-state index contributed by atoms with van der Waals surface area (Å²) >= 11 is 0. The summed E-state index contributed by atoms with van der Waals surface area (Å²) in [5.74, 6) is 0.388. The van der Waals surface area contributed by atoms with Crippen molar-refractivity contribution < 1.29 is 14.3 Å². The van der Waals surface area contributed by atoms with Gasteiger partial charge in [-0.15, -0.1) is 0 Å². The van der Waals surface area contributed by atoms with Gasteiger partial charge in [-0.25, -0.2) is 0 Å². The molecule has 2 heterocycles. The molecule has 154 valence electrons. The summed E-state index contributed by atoms with van der Waals surface area (Å²) in [4.78, 5) is 31.2. The van der Waals surface area contributed by atoms with Crippen molar-refractivity contribution in [2.45, 2.75) is 13.8 Å². The number of rotatable bonds is 5. The monoisotopic (exact) mass is 389 g/mol. The summed E-state index contributed by atoms with van der Waals surface area (Å²) in [5, 5.41) is 5.70. The number of nitrogens with one attached hydrogen (secondary N) is 2. The second kappa shape index (κ2) is 9.86. The Morgan fingerprint density at radius 3 is 2.25 bits per heavy atom. The highest BCUT2D eigenvalue weighted by Crippen LogP contribution is 2.30. The van der Waals surface area contributed by atoms with Gasteiger partial charge in [0.2, 0.25) is 5.91 Å². The molecule has 1 fully saturated rings. The van der Waals surface area contributed by atoms with Gasteiger partial charge in [0, 0.05) is 45.0 Å². The van der Waals surface area contributed by atoms with Crippen LogP contribution in [0.25, 0.3) is 0 Å².